The van der Waals surface area contributed by atoms with E-state index in [1.165, 1.54) is 0 Å². The first-order chi connectivity index (χ1) is 14.9. The average Bonchev–Trinajstić information content (AvgIpc) is 3.38. The molecule has 31 heavy (non-hydrogen) atoms. The van der Waals surface area contributed by atoms with Crippen molar-refractivity contribution in [3.63, 3.8) is 0 Å². The van der Waals surface area contributed by atoms with Crippen LogP contribution in [0.25, 0.3) is 0 Å². The molecule has 3 saturated heterocycles. The van der Waals surface area contributed by atoms with Gasteiger partial charge >= 0.3 is 12.0 Å². The summed E-state index contributed by atoms with van der Waals surface area (Å²) >= 11 is 1.88. The maximum Gasteiger partial charge on any atom is 0.333 e. The van der Waals surface area contributed by atoms with Crippen LogP contribution < -0.4 is 16.0 Å². The van der Waals surface area contributed by atoms with Crippen molar-refractivity contribution in [2.24, 2.45) is 0 Å². The molecule has 3 rings (SSSR count). The lowest BCUT2D eigenvalue weighted by atomic mass is 10.0. The number of hydroxylamine groups is 2. The van der Waals surface area contributed by atoms with Crippen LogP contribution in [0.5, 0.6) is 0 Å². The van der Waals surface area contributed by atoms with Crippen molar-refractivity contribution < 1.29 is 28.8 Å². The summed E-state index contributed by atoms with van der Waals surface area (Å²) in [6.07, 6.45) is 5.60. The highest BCUT2D eigenvalue weighted by molar-refractivity contribution is 8.00. The molecule has 3 heterocycles. The molecule has 0 aromatic heterocycles. The van der Waals surface area contributed by atoms with Gasteiger partial charge in [0.15, 0.2) is 0 Å². The summed E-state index contributed by atoms with van der Waals surface area (Å²) in [4.78, 5) is 62.6. The highest BCUT2D eigenvalue weighted by Crippen LogP contribution is 2.33. The minimum atomic E-state index is -0.590. The zero-order chi connectivity index (χ0) is 22.2. The molecular formula is C20H30N4O6S. The molecule has 0 aliphatic carbocycles. The van der Waals surface area contributed by atoms with Gasteiger partial charge in [-0.1, -0.05) is 12.8 Å². The molecule has 2 unspecified atom stereocenters. The molecule has 5 amide bonds. The van der Waals surface area contributed by atoms with Crippen molar-refractivity contribution in [2.75, 3.05) is 12.3 Å². The smallest absolute Gasteiger partial charge is 0.333 e. The van der Waals surface area contributed by atoms with Gasteiger partial charge < -0.3 is 20.8 Å². The molecular weight excluding hydrogens is 424 g/mol. The minimum absolute atomic E-state index is 0.0262. The van der Waals surface area contributed by atoms with Gasteiger partial charge in [0.05, 0.1) is 12.1 Å². The first kappa shape index (κ1) is 23.4. The molecule has 11 heteroatoms. The van der Waals surface area contributed by atoms with Gasteiger partial charge in [0, 0.05) is 43.2 Å². The van der Waals surface area contributed by atoms with Gasteiger partial charge in [-0.2, -0.15) is 11.8 Å². The monoisotopic (exact) mass is 454 g/mol. The van der Waals surface area contributed by atoms with E-state index in [0.29, 0.717) is 29.7 Å². The number of rotatable bonds is 12. The van der Waals surface area contributed by atoms with Crippen LogP contribution in [-0.4, -0.2) is 64.4 Å². The third-order valence-corrected chi connectivity index (χ3v) is 7.17. The van der Waals surface area contributed by atoms with Crippen LogP contribution in [0.4, 0.5) is 4.79 Å². The first-order valence-corrected chi connectivity index (χ1v) is 12.0. The van der Waals surface area contributed by atoms with Gasteiger partial charge in [0.1, 0.15) is 0 Å². The molecule has 0 aromatic rings. The molecule has 0 spiro atoms. The molecule has 172 valence electrons. The predicted octanol–water partition coefficient (Wildman–Crippen LogP) is 0.996. The highest BCUT2D eigenvalue weighted by Gasteiger charge is 2.42. The topological polar surface area (TPSA) is 134 Å². The number of thioether (sulfide) groups is 1. The number of hydrogen-bond acceptors (Lipinski definition) is 7. The van der Waals surface area contributed by atoms with E-state index in [1.807, 2.05) is 11.8 Å². The number of fused-ring (bicyclic) bond motifs is 1. The van der Waals surface area contributed by atoms with Crippen LogP contribution >= 0.6 is 11.8 Å². The molecule has 3 aliphatic rings. The maximum atomic E-state index is 11.9. The Bertz CT molecular complexity index is 702. The van der Waals surface area contributed by atoms with Crippen LogP contribution in [-0.2, 0) is 24.0 Å². The largest absolute Gasteiger partial charge is 0.356 e. The van der Waals surface area contributed by atoms with Crippen LogP contribution in [0.2, 0.25) is 0 Å². The van der Waals surface area contributed by atoms with Gasteiger partial charge in [-0.25, -0.2) is 9.59 Å². The van der Waals surface area contributed by atoms with Crippen LogP contribution in [0, 0.1) is 0 Å². The molecule has 3 aliphatic heterocycles. The van der Waals surface area contributed by atoms with E-state index in [2.05, 4.69) is 16.0 Å². The molecule has 10 nitrogen and oxygen atoms in total. The van der Waals surface area contributed by atoms with E-state index in [1.54, 1.807) is 0 Å². The van der Waals surface area contributed by atoms with Crippen molar-refractivity contribution in [3.8, 4) is 0 Å². The lowest BCUT2D eigenvalue weighted by Gasteiger charge is -2.16. The zero-order valence-electron chi connectivity index (χ0n) is 17.5. The standard InChI is InChI=1S/C20H30N4O6S/c25-15(7-4-3-6-14-19-13(12-31-14)22-20(29)23-19)21-11-5-1-2-8-18(28)30-24-16(26)9-10-17(24)27/h13-14,19H,1-12H2,(H,21,25)(H2,22,23,29)/t13?,14-,19?/m0/s1. The molecule has 3 N–H and O–H groups in total. The maximum absolute atomic E-state index is 11.9. The zero-order valence-corrected chi connectivity index (χ0v) is 18.3. The predicted molar refractivity (Wildman–Crippen MR) is 113 cm³/mol. The van der Waals surface area contributed by atoms with Gasteiger partial charge in [0.25, 0.3) is 11.8 Å². The van der Waals surface area contributed by atoms with Crippen molar-refractivity contribution in [1.29, 1.82) is 0 Å². The van der Waals surface area contributed by atoms with E-state index < -0.39 is 17.8 Å². The molecule has 0 saturated carbocycles. The van der Waals surface area contributed by atoms with E-state index >= 15 is 0 Å². The average molecular weight is 455 g/mol. The summed E-state index contributed by atoms with van der Waals surface area (Å²) in [6.45, 7) is 0.552. The Kier molecular flexibility index (Phi) is 8.56. The molecule has 3 fully saturated rings. The molecule has 0 aromatic carbocycles. The van der Waals surface area contributed by atoms with Crippen molar-refractivity contribution in [3.05, 3.63) is 0 Å². The Labute approximate surface area is 185 Å². The number of nitrogens with zero attached hydrogens (tertiary/aromatic N) is 1. The fourth-order valence-corrected chi connectivity index (χ4v) is 5.51. The van der Waals surface area contributed by atoms with Crippen LogP contribution in [0.1, 0.15) is 64.2 Å². The summed E-state index contributed by atoms with van der Waals surface area (Å²) < 4.78 is 0. The third kappa shape index (κ3) is 6.84. The summed E-state index contributed by atoms with van der Waals surface area (Å²) in [5.74, 6) is -0.574. The van der Waals surface area contributed by atoms with Crippen LogP contribution in [0.3, 0.4) is 0 Å². The van der Waals surface area contributed by atoms with E-state index in [-0.39, 0.29) is 43.3 Å². The Morgan fingerprint density at radius 1 is 1.00 bits per heavy atom. The fraction of sp³-hybridized carbons (Fsp3) is 0.750. The Morgan fingerprint density at radius 2 is 1.74 bits per heavy atom. The van der Waals surface area contributed by atoms with Gasteiger partial charge in [-0.15, -0.1) is 5.06 Å². The lowest BCUT2D eigenvalue weighted by Crippen LogP contribution is -2.36. The summed E-state index contributed by atoms with van der Waals surface area (Å²) in [6, 6.07) is 0.367. The second-order valence-electron chi connectivity index (χ2n) is 8.07. The molecule has 0 radical (unpaired) electrons. The number of carbonyl (C=O) groups is 5. The van der Waals surface area contributed by atoms with E-state index in [9.17, 15) is 24.0 Å². The van der Waals surface area contributed by atoms with Crippen molar-refractivity contribution in [2.45, 2.75) is 81.5 Å². The number of urea groups is 1. The second kappa shape index (κ2) is 11.4. The second-order valence-corrected chi connectivity index (χ2v) is 9.35. The Balaban J connectivity index is 1.15. The van der Waals surface area contributed by atoms with E-state index in [4.69, 9.17) is 4.84 Å². The third-order valence-electron chi connectivity index (χ3n) is 5.66. The number of unbranched alkanes of at least 4 members (excludes halogenated alkanes) is 3. The summed E-state index contributed by atoms with van der Waals surface area (Å²) in [5.41, 5.74) is 0. The summed E-state index contributed by atoms with van der Waals surface area (Å²) in [5, 5.41) is 9.77. The lowest BCUT2D eigenvalue weighted by molar-refractivity contribution is -0.197. The number of imide groups is 1. The first-order valence-electron chi connectivity index (χ1n) is 11.0. The SMILES string of the molecule is O=C(CCCC[C@@H]1SCC2NC(=O)NC21)NCCCCCC(=O)ON1C(=O)CCC1=O. The number of carbonyl (C=O) groups excluding carboxylic acids is 5. The van der Waals surface area contributed by atoms with E-state index in [0.717, 1.165) is 37.9 Å². The van der Waals surface area contributed by atoms with Gasteiger partial charge in [0.2, 0.25) is 5.91 Å². The fourth-order valence-electron chi connectivity index (χ4n) is 3.97. The van der Waals surface area contributed by atoms with Gasteiger partial charge in [-0.3, -0.25) is 14.4 Å². The Hall–Kier alpha value is -2.30. The number of amides is 5. The summed E-state index contributed by atoms with van der Waals surface area (Å²) in [7, 11) is 0. The Morgan fingerprint density at radius 3 is 2.52 bits per heavy atom. The minimum Gasteiger partial charge on any atom is -0.356 e. The highest BCUT2D eigenvalue weighted by atomic mass is 32.2. The quantitative estimate of drug-likeness (QED) is 0.227. The normalized spacial score (nSPS) is 24.7. The molecule has 0 bridgehead atoms. The van der Waals surface area contributed by atoms with Crippen molar-refractivity contribution >= 4 is 41.5 Å². The number of nitrogens with one attached hydrogen (secondary N) is 3. The van der Waals surface area contributed by atoms with Gasteiger partial charge in [-0.05, 0) is 25.7 Å². The van der Waals surface area contributed by atoms with Crippen LogP contribution in [0.15, 0.2) is 0 Å². The van der Waals surface area contributed by atoms with Crippen molar-refractivity contribution in [1.82, 2.24) is 21.0 Å². The number of hydrogen-bond donors (Lipinski definition) is 3. The molecule has 3 atom stereocenters.